The molecule has 0 bridgehead atoms. The van der Waals surface area contributed by atoms with Crippen LogP contribution in [-0.2, 0) is 14.3 Å². The van der Waals surface area contributed by atoms with Crippen LogP contribution in [0.1, 0.15) is 16.8 Å². The number of carbonyl (C=O) groups is 3. The zero-order valence-electron chi connectivity index (χ0n) is 14.0. The molecule has 0 N–H and O–H groups in total. The van der Waals surface area contributed by atoms with Crippen LogP contribution in [0.2, 0.25) is 0 Å². The van der Waals surface area contributed by atoms with Crippen molar-refractivity contribution in [1.82, 2.24) is 0 Å². The average molecular weight is 418 g/mol. The van der Waals surface area contributed by atoms with Gasteiger partial charge in [-0.25, -0.2) is 4.79 Å². The molecule has 0 aliphatic carbocycles. The van der Waals surface area contributed by atoms with Crippen LogP contribution in [-0.4, -0.2) is 31.5 Å². The minimum atomic E-state index is -0.536. The second-order valence-electron chi connectivity index (χ2n) is 5.82. The molecule has 134 valence electrons. The highest BCUT2D eigenvalue weighted by molar-refractivity contribution is 9.10. The summed E-state index contributed by atoms with van der Waals surface area (Å²) in [6.45, 7) is 0.277. The summed E-state index contributed by atoms with van der Waals surface area (Å²) in [5.41, 5.74) is 1.11. The zero-order chi connectivity index (χ0) is 18.7. The first-order valence-corrected chi connectivity index (χ1v) is 8.73. The molecular formula is C19H16BrNO5. The smallest absolute Gasteiger partial charge is 0.337 e. The normalized spacial score (nSPS) is 16.5. The number of rotatable bonds is 4. The van der Waals surface area contributed by atoms with E-state index < -0.39 is 17.9 Å². The second-order valence-corrected chi connectivity index (χ2v) is 6.73. The molecule has 7 heteroatoms. The molecule has 1 amide bonds. The highest BCUT2D eigenvalue weighted by atomic mass is 79.9. The Bertz CT molecular complexity index is 832. The van der Waals surface area contributed by atoms with Crippen molar-refractivity contribution in [3.05, 3.63) is 58.6 Å². The van der Waals surface area contributed by atoms with Crippen molar-refractivity contribution in [1.29, 1.82) is 0 Å². The van der Waals surface area contributed by atoms with Crippen LogP contribution in [0.15, 0.2) is 53.0 Å². The van der Waals surface area contributed by atoms with Gasteiger partial charge in [-0.05, 0) is 48.5 Å². The molecule has 1 heterocycles. The standard InChI is InChI=1S/C19H16BrNO5/c1-25-18(23)12-2-8-16(9-3-12)26-19(24)13-10-17(22)21(11-13)15-6-4-14(20)5-7-15/h2-9,13H,10-11H2,1H3/t13-/m1/s1. The second kappa shape index (κ2) is 7.70. The number of amides is 1. The number of nitrogens with zero attached hydrogens (tertiary/aromatic N) is 1. The van der Waals surface area contributed by atoms with E-state index in [0.29, 0.717) is 11.3 Å². The Balaban J connectivity index is 1.64. The lowest BCUT2D eigenvalue weighted by atomic mass is 10.1. The molecule has 0 unspecified atom stereocenters. The third-order valence-corrected chi connectivity index (χ3v) is 4.62. The van der Waals surface area contributed by atoms with E-state index >= 15 is 0 Å². The molecular weight excluding hydrogens is 402 g/mol. The highest BCUT2D eigenvalue weighted by Crippen LogP contribution is 2.27. The average Bonchev–Trinajstić information content (AvgIpc) is 3.04. The molecule has 2 aromatic carbocycles. The fourth-order valence-corrected chi connectivity index (χ4v) is 2.98. The van der Waals surface area contributed by atoms with Crippen LogP contribution >= 0.6 is 15.9 Å². The van der Waals surface area contributed by atoms with E-state index in [-0.39, 0.29) is 18.9 Å². The van der Waals surface area contributed by atoms with Crippen molar-refractivity contribution < 1.29 is 23.9 Å². The molecule has 1 atom stereocenters. The molecule has 6 nitrogen and oxygen atoms in total. The van der Waals surface area contributed by atoms with Crippen molar-refractivity contribution in [3.8, 4) is 5.75 Å². The fraction of sp³-hybridized carbons (Fsp3) is 0.211. The van der Waals surface area contributed by atoms with E-state index in [1.807, 2.05) is 24.3 Å². The molecule has 1 fully saturated rings. The maximum atomic E-state index is 12.4. The molecule has 1 saturated heterocycles. The van der Waals surface area contributed by atoms with Crippen LogP contribution in [0, 0.1) is 5.92 Å². The number of hydrogen-bond acceptors (Lipinski definition) is 5. The summed E-state index contributed by atoms with van der Waals surface area (Å²) in [6.07, 6.45) is 0.106. The van der Waals surface area contributed by atoms with Gasteiger partial charge in [0.25, 0.3) is 0 Å². The summed E-state index contributed by atoms with van der Waals surface area (Å²) < 4.78 is 10.9. The number of ether oxygens (including phenoxy) is 2. The molecule has 0 radical (unpaired) electrons. The van der Waals surface area contributed by atoms with Gasteiger partial charge in [-0.1, -0.05) is 15.9 Å². The lowest BCUT2D eigenvalue weighted by Crippen LogP contribution is -2.27. The minimum Gasteiger partial charge on any atom is -0.465 e. The summed E-state index contributed by atoms with van der Waals surface area (Å²) in [6, 6.07) is 13.4. The monoisotopic (exact) mass is 417 g/mol. The van der Waals surface area contributed by atoms with E-state index in [1.165, 1.54) is 31.4 Å². The lowest BCUT2D eigenvalue weighted by molar-refractivity contribution is -0.139. The number of halogens is 1. The maximum Gasteiger partial charge on any atom is 0.337 e. The van der Waals surface area contributed by atoms with Gasteiger partial charge in [0.15, 0.2) is 0 Å². The van der Waals surface area contributed by atoms with Crippen LogP contribution < -0.4 is 9.64 Å². The number of methoxy groups -OCH3 is 1. The van der Waals surface area contributed by atoms with Crippen LogP contribution in [0.3, 0.4) is 0 Å². The molecule has 0 aromatic heterocycles. The first-order valence-electron chi connectivity index (χ1n) is 7.94. The van der Waals surface area contributed by atoms with Gasteiger partial charge in [-0.3, -0.25) is 9.59 Å². The molecule has 26 heavy (non-hydrogen) atoms. The van der Waals surface area contributed by atoms with E-state index in [4.69, 9.17) is 4.74 Å². The topological polar surface area (TPSA) is 72.9 Å². The van der Waals surface area contributed by atoms with E-state index in [1.54, 1.807) is 4.90 Å². The Kier molecular flexibility index (Phi) is 5.37. The Morgan fingerprint density at radius 1 is 1.08 bits per heavy atom. The summed E-state index contributed by atoms with van der Waals surface area (Å²) >= 11 is 3.35. The SMILES string of the molecule is COC(=O)c1ccc(OC(=O)[C@@H]2CC(=O)N(c3ccc(Br)cc3)C2)cc1. The van der Waals surface area contributed by atoms with Gasteiger partial charge >= 0.3 is 11.9 Å². The van der Waals surface area contributed by atoms with E-state index in [2.05, 4.69) is 20.7 Å². The molecule has 1 aliphatic rings. The third kappa shape index (κ3) is 3.94. The molecule has 0 saturated carbocycles. The zero-order valence-corrected chi connectivity index (χ0v) is 15.6. The van der Waals surface area contributed by atoms with Gasteiger partial charge in [-0.15, -0.1) is 0 Å². The number of benzene rings is 2. The van der Waals surface area contributed by atoms with Crippen molar-refractivity contribution >= 4 is 39.5 Å². The molecule has 1 aliphatic heterocycles. The quantitative estimate of drug-likeness (QED) is 0.564. The third-order valence-electron chi connectivity index (χ3n) is 4.09. The Morgan fingerprint density at radius 2 is 1.73 bits per heavy atom. The summed E-state index contributed by atoms with van der Waals surface area (Å²) in [5, 5.41) is 0. The lowest BCUT2D eigenvalue weighted by Gasteiger charge is -2.16. The van der Waals surface area contributed by atoms with Gasteiger partial charge in [-0.2, -0.15) is 0 Å². The van der Waals surface area contributed by atoms with Crippen LogP contribution in [0.25, 0.3) is 0 Å². The predicted octanol–water partition coefficient (Wildman–Crippen LogP) is 3.19. The van der Waals surface area contributed by atoms with Gasteiger partial charge in [0, 0.05) is 23.1 Å². The van der Waals surface area contributed by atoms with Crippen molar-refractivity contribution in [2.45, 2.75) is 6.42 Å². The summed E-state index contributed by atoms with van der Waals surface area (Å²) in [5.74, 6) is -1.27. The van der Waals surface area contributed by atoms with Crippen molar-refractivity contribution in [2.75, 3.05) is 18.6 Å². The van der Waals surface area contributed by atoms with Crippen molar-refractivity contribution in [2.24, 2.45) is 5.92 Å². The van der Waals surface area contributed by atoms with E-state index in [9.17, 15) is 14.4 Å². The summed E-state index contributed by atoms with van der Waals surface area (Å²) in [7, 11) is 1.30. The first-order chi connectivity index (χ1) is 12.5. The molecule has 2 aromatic rings. The Morgan fingerprint density at radius 3 is 2.35 bits per heavy atom. The number of anilines is 1. The minimum absolute atomic E-state index is 0.106. The largest absolute Gasteiger partial charge is 0.465 e. The van der Waals surface area contributed by atoms with Crippen molar-refractivity contribution in [3.63, 3.8) is 0 Å². The number of carbonyl (C=O) groups excluding carboxylic acids is 3. The van der Waals surface area contributed by atoms with Gasteiger partial charge in [0.1, 0.15) is 5.75 Å². The fourth-order valence-electron chi connectivity index (χ4n) is 2.71. The highest BCUT2D eigenvalue weighted by Gasteiger charge is 2.36. The molecule has 3 rings (SSSR count). The number of hydrogen-bond donors (Lipinski definition) is 0. The van der Waals surface area contributed by atoms with Crippen LogP contribution in [0.5, 0.6) is 5.75 Å². The number of esters is 2. The van der Waals surface area contributed by atoms with Gasteiger partial charge in [0.2, 0.25) is 5.91 Å². The predicted molar refractivity (Wildman–Crippen MR) is 98.0 cm³/mol. The Hall–Kier alpha value is -2.67. The van der Waals surface area contributed by atoms with Gasteiger partial charge in [0.05, 0.1) is 18.6 Å². The summed E-state index contributed by atoms with van der Waals surface area (Å²) in [4.78, 5) is 37.6. The molecule has 0 spiro atoms. The van der Waals surface area contributed by atoms with Gasteiger partial charge < -0.3 is 14.4 Å². The van der Waals surface area contributed by atoms with Crippen LogP contribution in [0.4, 0.5) is 5.69 Å². The first kappa shape index (κ1) is 18.1. The van der Waals surface area contributed by atoms with E-state index in [0.717, 1.165) is 10.2 Å². The maximum absolute atomic E-state index is 12.4. The Labute approximate surface area is 158 Å².